The molecule has 1 fully saturated rings. The summed E-state index contributed by atoms with van der Waals surface area (Å²) in [6.07, 6.45) is -0.194. The third-order valence-corrected chi connectivity index (χ3v) is 5.36. The van der Waals surface area contributed by atoms with Crippen LogP contribution in [0.2, 0.25) is 0 Å². The fourth-order valence-electron chi connectivity index (χ4n) is 3.67. The number of hydrogen-bond donors (Lipinski definition) is 0. The van der Waals surface area contributed by atoms with E-state index < -0.39 is 29.2 Å². The molecule has 30 heavy (non-hydrogen) atoms. The second kappa shape index (κ2) is 9.43. The molecule has 1 aliphatic heterocycles. The minimum Gasteiger partial charge on any atom is -0.497 e. The first-order valence-electron chi connectivity index (χ1n) is 9.60. The summed E-state index contributed by atoms with van der Waals surface area (Å²) in [5, 5.41) is 0. The first-order valence-corrected chi connectivity index (χ1v) is 9.60. The molecule has 0 unspecified atom stereocenters. The molecule has 2 aromatic carbocycles. The highest BCUT2D eigenvalue weighted by Gasteiger charge is 2.59. The maximum Gasteiger partial charge on any atom is 0.324 e. The SMILES string of the molecule is COC(=O)CC[C@@]1(C(=O)OCc2ccccc2)C(=O)OC[C@@H]1c1cccc(OC)c1. The number of carbonyl (C=O) groups is 3. The number of benzene rings is 2. The molecule has 2 aromatic rings. The Morgan fingerprint density at radius 1 is 1.10 bits per heavy atom. The molecule has 2 atom stereocenters. The van der Waals surface area contributed by atoms with E-state index in [1.807, 2.05) is 30.3 Å². The van der Waals surface area contributed by atoms with Crippen LogP contribution in [0.15, 0.2) is 54.6 Å². The predicted molar refractivity (Wildman–Crippen MR) is 107 cm³/mol. The third-order valence-electron chi connectivity index (χ3n) is 5.36. The fraction of sp³-hybridized carbons (Fsp3) is 0.348. The van der Waals surface area contributed by atoms with Gasteiger partial charge in [0.25, 0.3) is 0 Å². The molecule has 1 heterocycles. The van der Waals surface area contributed by atoms with Gasteiger partial charge in [0.15, 0.2) is 5.41 Å². The molecule has 0 bridgehead atoms. The van der Waals surface area contributed by atoms with Crippen molar-refractivity contribution in [3.05, 3.63) is 65.7 Å². The lowest BCUT2D eigenvalue weighted by Crippen LogP contribution is -2.42. The maximum atomic E-state index is 13.3. The van der Waals surface area contributed by atoms with E-state index in [9.17, 15) is 14.4 Å². The van der Waals surface area contributed by atoms with Crippen molar-refractivity contribution in [1.82, 2.24) is 0 Å². The van der Waals surface area contributed by atoms with Gasteiger partial charge in [-0.05, 0) is 29.7 Å². The minimum absolute atomic E-state index is 0.00755. The smallest absolute Gasteiger partial charge is 0.324 e. The fourth-order valence-corrected chi connectivity index (χ4v) is 3.67. The Bertz CT molecular complexity index is 909. The zero-order valence-electron chi connectivity index (χ0n) is 17.0. The van der Waals surface area contributed by atoms with Crippen LogP contribution in [0.25, 0.3) is 0 Å². The van der Waals surface area contributed by atoms with Gasteiger partial charge in [-0.2, -0.15) is 0 Å². The van der Waals surface area contributed by atoms with Crippen LogP contribution >= 0.6 is 0 Å². The summed E-state index contributed by atoms with van der Waals surface area (Å²) in [6, 6.07) is 16.3. The van der Waals surface area contributed by atoms with E-state index in [1.165, 1.54) is 14.2 Å². The van der Waals surface area contributed by atoms with E-state index in [-0.39, 0.29) is 26.1 Å². The third kappa shape index (κ3) is 4.30. The number of rotatable bonds is 8. The Labute approximate surface area is 174 Å². The quantitative estimate of drug-likeness (QED) is 0.374. The first kappa shape index (κ1) is 21.4. The molecule has 1 saturated heterocycles. The van der Waals surface area contributed by atoms with E-state index in [4.69, 9.17) is 18.9 Å². The van der Waals surface area contributed by atoms with E-state index in [0.717, 1.165) is 5.56 Å². The van der Waals surface area contributed by atoms with Crippen molar-refractivity contribution in [2.24, 2.45) is 5.41 Å². The van der Waals surface area contributed by atoms with Crippen LogP contribution < -0.4 is 4.74 Å². The van der Waals surface area contributed by atoms with Gasteiger partial charge >= 0.3 is 17.9 Å². The summed E-state index contributed by atoms with van der Waals surface area (Å²) < 4.78 is 20.8. The van der Waals surface area contributed by atoms with E-state index in [2.05, 4.69) is 0 Å². The van der Waals surface area contributed by atoms with E-state index in [1.54, 1.807) is 24.3 Å². The second-order valence-electron chi connectivity index (χ2n) is 7.04. The Balaban J connectivity index is 1.94. The zero-order chi connectivity index (χ0) is 21.6. The molecule has 0 amide bonds. The van der Waals surface area contributed by atoms with Gasteiger partial charge in [-0.15, -0.1) is 0 Å². The molecule has 0 aromatic heterocycles. The highest BCUT2D eigenvalue weighted by atomic mass is 16.6. The topological polar surface area (TPSA) is 88.1 Å². The summed E-state index contributed by atoms with van der Waals surface area (Å²) in [5.41, 5.74) is -0.157. The molecule has 0 radical (unpaired) electrons. The Hall–Kier alpha value is -3.35. The lowest BCUT2D eigenvalue weighted by Gasteiger charge is -2.29. The lowest BCUT2D eigenvalue weighted by atomic mass is 9.71. The molecule has 7 heteroatoms. The first-order chi connectivity index (χ1) is 14.5. The summed E-state index contributed by atoms with van der Waals surface area (Å²) in [6.45, 7) is 0.0192. The monoisotopic (exact) mass is 412 g/mol. The molecule has 0 saturated carbocycles. The van der Waals surface area contributed by atoms with Crippen molar-refractivity contribution >= 4 is 17.9 Å². The Morgan fingerprint density at radius 3 is 2.57 bits per heavy atom. The lowest BCUT2D eigenvalue weighted by molar-refractivity contribution is -0.167. The molecule has 7 nitrogen and oxygen atoms in total. The van der Waals surface area contributed by atoms with Gasteiger partial charge < -0.3 is 18.9 Å². The van der Waals surface area contributed by atoms with Crippen molar-refractivity contribution in [3.63, 3.8) is 0 Å². The van der Waals surface area contributed by atoms with Gasteiger partial charge in [-0.25, -0.2) is 0 Å². The summed E-state index contributed by atoms with van der Waals surface area (Å²) in [4.78, 5) is 38.0. The number of ether oxygens (including phenoxy) is 4. The van der Waals surface area contributed by atoms with Crippen molar-refractivity contribution in [2.75, 3.05) is 20.8 Å². The van der Waals surface area contributed by atoms with Gasteiger partial charge in [-0.3, -0.25) is 14.4 Å². The van der Waals surface area contributed by atoms with E-state index >= 15 is 0 Å². The van der Waals surface area contributed by atoms with E-state index in [0.29, 0.717) is 11.3 Å². The number of cyclic esters (lactones) is 1. The van der Waals surface area contributed by atoms with Crippen molar-refractivity contribution in [1.29, 1.82) is 0 Å². The molecule has 3 rings (SSSR count). The summed E-state index contributed by atoms with van der Waals surface area (Å²) in [5.74, 6) is -1.96. The van der Waals surface area contributed by atoms with Crippen molar-refractivity contribution in [2.45, 2.75) is 25.4 Å². The maximum absolute atomic E-state index is 13.3. The van der Waals surface area contributed by atoms with Crippen LogP contribution in [0.1, 0.15) is 29.9 Å². The van der Waals surface area contributed by atoms with Crippen LogP contribution in [0.3, 0.4) is 0 Å². The second-order valence-corrected chi connectivity index (χ2v) is 7.04. The van der Waals surface area contributed by atoms with Crippen LogP contribution in [-0.4, -0.2) is 38.7 Å². The highest BCUT2D eigenvalue weighted by molar-refractivity contribution is 6.03. The van der Waals surface area contributed by atoms with Gasteiger partial charge in [0.2, 0.25) is 0 Å². The number of carbonyl (C=O) groups excluding carboxylic acids is 3. The largest absolute Gasteiger partial charge is 0.497 e. The Kier molecular flexibility index (Phi) is 6.72. The molecule has 0 aliphatic carbocycles. The molecular formula is C23H24O7. The van der Waals surface area contributed by atoms with Crippen LogP contribution in [0.4, 0.5) is 0 Å². The van der Waals surface area contributed by atoms with Crippen molar-refractivity contribution in [3.8, 4) is 5.75 Å². The molecule has 158 valence electrons. The standard InChI is InChI=1S/C23H24O7/c1-27-18-10-6-9-17(13-18)19-15-30-22(26)23(19,12-11-20(24)28-2)21(25)29-14-16-7-4-3-5-8-16/h3-10,13,19H,11-12,14-15H2,1-2H3/t19-,23-/m1/s1. The van der Waals surface area contributed by atoms with Gasteiger partial charge in [0.05, 0.1) is 20.8 Å². The van der Waals surface area contributed by atoms with Gasteiger partial charge in [0.1, 0.15) is 12.4 Å². The number of methoxy groups -OCH3 is 2. The predicted octanol–water partition coefficient (Wildman–Crippen LogP) is 3.02. The molecule has 0 spiro atoms. The number of hydrogen-bond acceptors (Lipinski definition) is 7. The minimum atomic E-state index is -1.64. The summed E-state index contributed by atoms with van der Waals surface area (Å²) in [7, 11) is 2.79. The van der Waals surface area contributed by atoms with Crippen molar-refractivity contribution < 1.29 is 33.3 Å². The average molecular weight is 412 g/mol. The normalized spacial score (nSPS) is 20.3. The summed E-state index contributed by atoms with van der Waals surface area (Å²) >= 11 is 0. The van der Waals surface area contributed by atoms with Gasteiger partial charge in [-0.1, -0.05) is 42.5 Å². The molecule has 0 N–H and O–H groups in total. The van der Waals surface area contributed by atoms with Gasteiger partial charge in [0, 0.05) is 12.3 Å². The van der Waals surface area contributed by atoms with Crippen LogP contribution in [0.5, 0.6) is 5.75 Å². The number of esters is 3. The molecule has 1 aliphatic rings. The average Bonchev–Trinajstić information content (AvgIpc) is 3.13. The highest BCUT2D eigenvalue weighted by Crippen LogP contribution is 2.48. The van der Waals surface area contributed by atoms with Crippen LogP contribution in [-0.2, 0) is 35.2 Å². The van der Waals surface area contributed by atoms with Crippen LogP contribution in [0, 0.1) is 5.41 Å². The molecular weight excluding hydrogens is 388 g/mol. The Morgan fingerprint density at radius 2 is 1.87 bits per heavy atom. The zero-order valence-corrected chi connectivity index (χ0v) is 17.0.